The second kappa shape index (κ2) is 6.59. The van der Waals surface area contributed by atoms with E-state index in [4.69, 9.17) is 4.74 Å². The lowest BCUT2D eigenvalue weighted by Crippen LogP contribution is -2.32. The molecule has 0 aliphatic carbocycles. The minimum absolute atomic E-state index is 0.116. The van der Waals surface area contributed by atoms with Gasteiger partial charge in [0, 0.05) is 19.2 Å². The van der Waals surface area contributed by atoms with Crippen LogP contribution in [0.2, 0.25) is 0 Å². The average Bonchev–Trinajstić information content (AvgIpc) is 2.80. The highest BCUT2D eigenvalue weighted by atomic mass is 19.4. The van der Waals surface area contributed by atoms with Gasteiger partial charge in [-0.1, -0.05) is 30.3 Å². The molecule has 1 N–H and O–H groups in total. The summed E-state index contributed by atoms with van der Waals surface area (Å²) in [6.07, 6.45) is -4.00. The largest absolute Gasteiger partial charge is 0.390 e. The van der Waals surface area contributed by atoms with Crippen LogP contribution in [0, 0.1) is 5.92 Å². The third kappa shape index (κ3) is 4.49. The highest BCUT2D eigenvalue weighted by Crippen LogP contribution is 2.30. The van der Waals surface area contributed by atoms with E-state index in [1.807, 2.05) is 6.92 Å². The first kappa shape index (κ1) is 15.3. The first-order valence-corrected chi connectivity index (χ1v) is 6.92. The number of alkyl halides is 3. The Hall–Kier alpha value is -1.07. The molecule has 2 rings (SSSR count). The molecule has 5 heteroatoms. The summed E-state index contributed by atoms with van der Waals surface area (Å²) >= 11 is 0. The molecule has 0 spiro atoms. The number of halogens is 3. The number of nitrogens with one attached hydrogen (secondary N) is 1. The van der Waals surface area contributed by atoms with Gasteiger partial charge in [0.25, 0.3) is 0 Å². The Bertz CT molecular complexity index is 407. The summed E-state index contributed by atoms with van der Waals surface area (Å²) in [6, 6.07) is 8.12. The Balaban J connectivity index is 1.99. The number of hydrogen-bond acceptors (Lipinski definition) is 2. The average molecular weight is 287 g/mol. The van der Waals surface area contributed by atoms with Crippen molar-refractivity contribution >= 4 is 0 Å². The summed E-state index contributed by atoms with van der Waals surface area (Å²) in [7, 11) is 0. The van der Waals surface area contributed by atoms with Crippen LogP contribution < -0.4 is 5.32 Å². The van der Waals surface area contributed by atoms with Crippen molar-refractivity contribution in [3.05, 3.63) is 35.9 Å². The molecule has 1 saturated heterocycles. The van der Waals surface area contributed by atoms with Gasteiger partial charge in [-0.15, -0.1) is 0 Å². The molecule has 20 heavy (non-hydrogen) atoms. The van der Waals surface area contributed by atoms with Crippen molar-refractivity contribution in [1.82, 2.24) is 5.32 Å². The van der Waals surface area contributed by atoms with E-state index >= 15 is 0 Å². The monoisotopic (exact) mass is 287 g/mol. The predicted molar refractivity (Wildman–Crippen MR) is 71.4 cm³/mol. The summed E-state index contributed by atoms with van der Waals surface area (Å²) in [4.78, 5) is 0. The number of ether oxygens (including phenoxy) is 1. The van der Waals surface area contributed by atoms with Gasteiger partial charge in [0.05, 0.1) is 12.5 Å². The van der Waals surface area contributed by atoms with Crippen molar-refractivity contribution in [3.63, 3.8) is 0 Å². The lowest BCUT2D eigenvalue weighted by molar-refractivity contribution is -0.140. The molecule has 3 atom stereocenters. The molecule has 1 heterocycles. The fraction of sp³-hybridized carbons (Fsp3) is 0.600. The third-order valence-electron chi connectivity index (χ3n) is 3.80. The van der Waals surface area contributed by atoms with Crippen LogP contribution >= 0.6 is 0 Å². The summed E-state index contributed by atoms with van der Waals surface area (Å²) in [6.45, 7) is 3.22. The molecule has 0 aromatic heterocycles. The van der Waals surface area contributed by atoms with Gasteiger partial charge in [-0.2, -0.15) is 13.2 Å². The molecule has 0 bridgehead atoms. The molecule has 112 valence electrons. The quantitative estimate of drug-likeness (QED) is 0.891. The van der Waals surface area contributed by atoms with Crippen molar-refractivity contribution in [3.8, 4) is 0 Å². The fourth-order valence-corrected chi connectivity index (χ4v) is 2.56. The van der Waals surface area contributed by atoms with Crippen molar-refractivity contribution in [2.24, 2.45) is 5.92 Å². The smallest absolute Gasteiger partial charge is 0.378 e. The van der Waals surface area contributed by atoms with Crippen LogP contribution in [0.1, 0.15) is 31.4 Å². The van der Waals surface area contributed by atoms with Crippen LogP contribution in [0.15, 0.2) is 30.3 Å². The topological polar surface area (TPSA) is 21.3 Å². The maximum absolute atomic E-state index is 12.7. The van der Waals surface area contributed by atoms with E-state index in [0.717, 1.165) is 6.42 Å². The first-order valence-electron chi connectivity index (χ1n) is 6.92. The normalized spacial score (nSPS) is 24.8. The van der Waals surface area contributed by atoms with Crippen LogP contribution in [0.25, 0.3) is 0 Å². The number of rotatable bonds is 5. The molecule has 1 fully saturated rings. The number of hydrogen-bond donors (Lipinski definition) is 1. The highest BCUT2D eigenvalue weighted by molar-refractivity contribution is 5.19. The van der Waals surface area contributed by atoms with Crippen molar-refractivity contribution in [2.75, 3.05) is 13.2 Å². The molecule has 0 amide bonds. The van der Waals surface area contributed by atoms with Crippen LogP contribution in [0.4, 0.5) is 13.2 Å². The zero-order chi connectivity index (χ0) is 14.6. The molecular weight excluding hydrogens is 267 g/mol. The first-order chi connectivity index (χ1) is 9.46. The maximum Gasteiger partial charge on any atom is 0.390 e. The van der Waals surface area contributed by atoms with E-state index in [-0.39, 0.29) is 12.0 Å². The minimum Gasteiger partial charge on any atom is -0.378 e. The molecule has 0 radical (unpaired) electrons. The molecule has 1 aromatic rings. The molecule has 3 unspecified atom stereocenters. The van der Waals surface area contributed by atoms with E-state index in [0.29, 0.717) is 18.7 Å². The van der Waals surface area contributed by atoms with Gasteiger partial charge in [0.1, 0.15) is 0 Å². The van der Waals surface area contributed by atoms with Gasteiger partial charge < -0.3 is 10.1 Å². The van der Waals surface area contributed by atoms with E-state index < -0.39 is 18.6 Å². The Kier molecular flexibility index (Phi) is 5.05. The van der Waals surface area contributed by atoms with E-state index in [9.17, 15) is 13.2 Å². The van der Waals surface area contributed by atoms with E-state index in [1.165, 1.54) is 0 Å². The Labute approximate surface area is 117 Å². The van der Waals surface area contributed by atoms with Gasteiger partial charge in [0.15, 0.2) is 0 Å². The van der Waals surface area contributed by atoms with Crippen LogP contribution in [-0.4, -0.2) is 25.4 Å². The summed E-state index contributed by atoms with van der Waals surface area (Å²) in [5.74, 6) is 0.287. The molecule has 0 saturated carbocycles. The second-order valence-electron chi connectivity index (χ2n) is 5.32. The van der Waals surface area contributed by atoms with Gasteiger partial charge in [-0.25, -0.2) is 0 Å². The molecule has 1 aliphatic rings. The van der Waals surface area contributed by atoms with Crippen LogP contribution in [0.3, 0.4) is 0 Å². The minimum atomic E-state index is -4.18. The van der Waals surface area contributed by atoms with Crippen LogP contribution in [-0.2, 0) is 4.74 Å². The van der Waals surface area contributed by atoms with Crippen molar-refractivity contribution in [2.45, 2.75) is 38.1 Å². The predicted octanol–water partition coefficient (Wildman–Crippen LogP) is 3.69. The van der Waals surface area contributed by atoms with E-state index in [2.05, 4.69) is 5.32 Å². The fourth-order valence-electron chi connectivity index (χ4n) is 2.56. The molecule has 2 nitrogen and oxygen atoms in total. The SMILES string of the molecule is CC1OCCC1CNC(CC(F)(F)F)c1ccccc1. The lowest BCUT2D eigenvalue weighted by atomic mass is 9.99. The Morgan fingerprint density at radius 1 is 1.30 bits per heavy atom. The van der Waals surface area contributed by atoms with Crippen LogP contribution in [0.5, 0.6) is 0 Å². The van der Waals surface area contributed by atoms with E-state index in [1.54, 1.807) is 30.3 Å². The Morgan fingerprint density at radius 2 is 2.00 bits per heavy atom. The summed E-state index contributed by atoms with van der Waals surface area (Å²) in [5, 5.41) is 3.06. The maximum atomic E-state index is 12.7. The standard InChI is InChI=1S/C15H20F3NO/c1-11-13(7-8-20-11)10-19-14(9-15(16,17)18)12-5-3-2-4-6-12/h2-6,11,13-14,19H,7-10H2,1H3. The highest BCUT2D eigenvalue weighted by Gasteiger charge is 2.33. The molecular formula is C15H20F3NO. The van der Waals surface area contributed by atoms with Gasteiger partial charge in [-0.05, 0) is 24.8 Å². The second-order valence-corrected chi connectivity index (χ2v) is 5.32. The zero-order valence-corrected chi connectivity index (χ0v) is 11.5. The number of benzene rings is 1. The third-order valence-corrected chi connectivity index (χ3v) is 3.80. The molecule has 1 aliphatic heterocycles. The zero-order valence-electron chi connectivity index (χ0n) is 11.5. The summed E-state index contributed by atoms with van der Waals surface area (Å²) in [5.41, 5.74) is 0.677. The Morgan fingerprint density at radius 3 is 2.55 bits per heavy atom. The van der Waals surface area contributed by atoms with Gasteiger partial charge in [-0.3, -0.25) is 0 Å². The van der Waals surface area contributed by atoms with Gasteiger partial charge in [0.2, 0.25) is 0 Å². The molecule has 1 aromatic carbocycles. The van der Waals surface area contributed by atoms with Crippen molar-refractivity contribution in [1.29, 1.82) is 0 Å². The lowest BCUT2D eigenvalue weighted by Gasteiger charge is -2.23. The van der Waals surface area contributed by atoms with Crippen molar-refractivity contribution < 1.29 is 17.9 Å². The van der Waals surface area contributed by atoms with Gasteiger partial charge >= 0.3 is 6.18 Å². The summed E-state index contributed by atoms with van der Waals surface area (Å²) < 4.78 is 43.6.